The fourth-order valence-corrected chi connectivity index (χ4v) is 2.30. The number of fused-ring (bicyclic) bond motifs is 1. The largest absolute Gasteiger partial charge is 0.618 e. The van der Waals surface area contributed by atoms with Crippen molar-refractivity contribution >= 4 is 33.4 Å². The van der Waals surface area contributed by atoms with Gasteiger partial charge in [0.05, 0.1) is 3.57 Å². The van der Waals surface area contributed by atoms with Crippen LogP contribution in [-0.4, -0.2) is 5.11 Å². The molecule has 1 heterocycles. The van der Waals surface area contributed by atoms with E-state index in [1.807, 2.05) is 24.3 Å². The molecule has 0 saturated carbocycles. The van der Waals surface area contributed by atoms with Crippen LogP contribution in [0.25, 0.3) is 10.8 Å². The normalized spacial score (nSPS) is 10.7. The zero-order valence-electron chi connectivity index (χ0n) is 7.27. The molecule has 0 bridgehead atoms. The van der Waals surface area contributed by atoms with Crippen LogP contribution in [0.4, 0.5) is 0 Å². The number of hydrogen-bond acceptors (Lipinski definition) is 2. The van der Waals surface area contributed by atoms with E-state index >= 15 is 0 Å². The van der Waals surface area contributed by atoms with Crippen molar-refractivity contribution in [3.8, 4) is 0 Å². The zero-order valence-corrected chi connectivity index (χ0v) is 9.43. The number of nitrogens with zero attached hydrogens (tertiary/aromatic N) is 1. The molecule has 4 heteroatoms. The Morgan fingerprint density at radius 2 is 2.07 bits per heavy atom. The number of benzene rings is 1. The van der Waals surface area contributed by atoms with Crippen molar-refractivity contribution in [1.82, 2.24) is 0 Å². The first-order valence-electron chi connectivity index (χ1n) is 4.14. The fourth-order valence-electron chi connectivity index (χ4n) is 1.41. The maximum Gasteiger partial charge on any atom is 0.232 e. The average molecular weight is 301 g/mol. The van der Waals surface area contributed by atoms with E-state index in [-0.39, 0.29) is 6.61 Å². The van der Waals surface area contributed by atoms with Crippen molar-refractivity contribution in [2.75, 3.05) is 0 Å². The lowest BCUT2D eigenvalue weighted by Crippen LogP contribution is -2.32. The van der Waals surface area contributed by atoms with Crippen LogP contribution in [0.5, 0.6) is 0 Å². The molecule has 0 aliphatic heterocycles. The number of halogens is 1. The Kier molecular flexibility index (Phi) is 2.56. The predicted molar refractivity (Wildman–Crippen MR) is 61.5 cm³/mol. The molecule has 1 N–H and O–H groups in total. The number of aromatic nitrogens is 1. The minimum atomic E-state index is -0.230. The first kappa shape index (κ1) is 9.67. The maximum atomic E-state index is 11.4. The van der Waals surface area contributed by atoms with Gasteiger partial charge in [-0.15, -0.1) is 0 Å². The average Bonchev–Trinajstić information content (AvgIpc) is 2.18. The standard InChI is InChI=1S/C10H8INO2/c11-10-8-4-2-1-3-7(8)5-12(14)9(10)6-13/h1-5,13H,6H2. The second kappa shape index (κ2) is 3.70. The minimum absolute atomic E-state index is 0.230. The first-order valence-corrected chi connectivity index (χ1v) is 5.22. The topological polar surface area (TPSA) is 47.2 Å². The van der Waals surface area contributed by atoms with Crippen molar-refractivity contribution < 1.29 is 9.84 Å². The molecule has 0 radical (unpaired) electrons. The second-order valence-corrected chi connectivity index (χ2v) is 4.04. The molecule has 0 saturated heterocycles. The molecule has 72 valence electrons. The quantitative estimate of drug-likeness (QED) is 0.494. The van der Waals surface area contributed by atoms with Gasteiger partial charge in [-0.1, -0.05) is 18.2 Å². The highest BCUT2D eigenvalue weighted by atomic mass is 127. The highest BCUT2D eigenvalue weighted by molar-refractivity contribution is 14.1. The molecule has 0 unspecified atom stereocenters. The second-order valence-electron chi connectivity index (χ2n) is 2.96. The highest BCUT2D eigenvalue weighted by Crippen LogP contribution is 2.21. The van der Waals surface area contributed by atoms with Crippen molar-refractivity contribution in [3.05, 3.63) is 44.9 Å². The molecular formula is C10H8INO2. The van der Waals surface area contributed by atoms with E-state index in [2.05, 4.69) is 22.6 Å². The summed E-state index contributed by atoms with van der Waals surface area (Å²) >= 11 is 2.08. The van der Waals surface area contributed by atoms with Gasteiger partial charge in [0, 0.05) is 10.8 Å². The lowest BCUT2D eigenvalue weighted by molar-refractivity contribution is -0.615. The summed E-state index contributed by atoms with van der Waals surface area (Å²) in [5.74, 6) is 0. The van der Waals surface area contributed by atoms with E-state index in [0.29, 0.717) is 5.69 Å². The number of pyridine rings is 1. The molecule has 14 heavy (non-hydrogen) atoms. The van der Waals surface area contributed by atoms with E-state index in [1.54, 1.807) is 0 Å². The molecule has 2 rings (SSSR count). The Morgan fingerprint density at radius 3 is 2.79 bits per heavy atom. The van der Waals surface area contributed by atoms with Gasteiger partial charge in [-0.05, 0) is 28.7 Å². The summed E-state index contributed by atoms with van der Waals surface area (Å²) in [5, 5.41) is 22.4. The summed E-state index contributed by atoms with van der Waals surface area (Å²) in [7, 11) is 0. The highest BCUT2D eigenvalue weighted by Gasteiger charge is 2.13. The van der Waals surface area contributed by atoms with Crippen LogP contribution in [0.3, 0.4) is 0 Å². The van der Waals surface area contributed by atoms with Gasteiger partial charge in [-0.25, -0.2) is 0 Å². The van der Waals surface area contributed by atoms with Gasteiger partial charge in [-0.2, -0.15) is 4.73 Å². The van der Waals surface area contributed by atoms with E-state index in [1.165, 1.54) is 6.20 Å². The minimum Gasteiger partial charge on any atom is -0.618 e. The molecule has 1 aromatic carbocycles. The van der Waals surface area contributed by atoms with Gasteiger partial charge < -0.3 is 10.3 Å². The summed E-state index contributed by atoms with van der Waals surface area (Å²) in [6, 6.07) is 7.63. The number of rotatable bonds is 1. The van der Waals surface area contributed by atoms with E-state index < -0.39 is 0 Å². The van der Waals surface area contributed by atoms with Crippen LogP contribution >= 0.6 is 22.6 Å². The van der Waals surface area contributed by atoms with Crippen LogP contribution in [-0.2, 0) is 6.61 Å². The van der Waals surface area contributed by atoms with Crippen LogP contribution in [0.15, 0.2) is 30.5 Å². The van der Waals surface area contributed by atoms with Gasteiger partial charge in [0.15, 0.2) is 6.20 Å². The monoisotopic (exact) mass is 301 g/mol. The van der Waals surface area contributed by atoms with Crippen LogP contribution in [0.1, 0.15) is 5.69 Å². The van der Waals surface area contributed by atoms with Gasteiger partial charge in [0.25, 0.3) is 0 Å². The fraction of sp³-hybridized carbons (Fsp3) is 0.100. The summed E-state index contributed by atoms with van der Waals surface area (Å²) < 4.78 is 1.54. The first-order chi connectivity index (χ1) is 6.74. The SMILES string of the molecule is [O-][n+]1cc2ccccc2c(I)c1CO. The summed E-state index contributed by atoms with van der Waals surface area (Å²) in [6.45, 7) is -0.230. The molecule has 0 aliphatic carbocycles. The molecule has 0 aliphatic rings. The third kappa shape index (κ3) is 1.44. The summed E-state index contributed by atoms with van der Waals surface area (Å²) in [6.07, 6.45) is 1.49. The Morgan fingerprint density at radius 1 is 1.36 bits per heavy atom. The van der Waals surface area contributed by atoms with Gasteiger partial charge in [0.2, 0.25) is 5.69 Å². The van der Waals surface area contributed by atoms with Crippen LogP contribution < -0.4 is 4.73 Å². The Balaban J connectivity index is 2.86. The summed E-state index contributed by atoms with van der Waals surface area (Å²) in [4.78, 5) is 0. The third-order valence-electron chi connectivity index (χ3n) is 2.12. The Bertz CT molecular complexity index is 485. The molecular weight excluding hydrogens is 293 g/mol. The van der Waals surface area contributed by atoms with Crippen molar-refractivity contribution in [2.45, 2.75) is 6.61 Å². The molecule has 3 nitrogen and oxygen atoms in total. The smallest absolute Gasteiger partial charge is 0.232 e. The molecule has 0 spiro atoms. The summed E-state index contributed by atoms with van der Waals surface area (Å²) in [5.41, 5.74) is 0.407. The van der Waals surface area contributed by atoms with Crippen LogP contribution in [0.2, 0.25) is 0 Å². The Hall–Kier alpha value is -0.880. The molecule has 0 amide bonds. The molecule has 2 aromatic rings. The maximum absolute atomic E-state index is 11.4. The molecule has 0 atom stereocenters. The number of hydrogen-bond donors (Lipinski definition) is 1. The zero-order chi connectivity index (χ0) is 10.1. The molecule has 1 aromatic heterocycles. The van der Waals surface area contributed by atoms with Crippen molar-refractivity contribution in [2.24, 2.45) is 0 Å². The number of aliphatic hydroxyl groups excluding tert-OH is 1. The number of aliphatic hydroxyl groups is 1. The van der Waals surface area contributed by atoms with Crippen LogP contribution in [0, 0.1) is 8.78 Å². The van der Waals surface area contributed by atoms with Crippen molar-refractivity contribution in [1.29, 1.82) is 0 Å². The lowest BCUT2D eigenvalue weighted by Gasteiger charge is -2.06. The molecule has 0 fully saturated rings. The Labute approximate surface area is 94.7 Å². The third-order valence-corrected chi connectivity index (χ3v) is 3.33. The van der Waals surface area contributed by atoms with Gasteiger partial charge in [0.1, 0.15) is 6.61 Å². The van der Waals surface area contributed by atoms with Gasteiger partial charge >= 0.3 is 0 Å². The van der Waals surface area contributed by atoms with Crippen molar-refractivity contribution in [3.63, 3.8) is 0 Å². The lowest BCUT2D eigenvalue weighted by atomic mass is 10.1. The van der Waals surface area contributed by atoms with E-state index in [9.17, 15) is 5.21 Å². The van der Waals surface area contributed by atoms with E-state index in [4.69, 9.17) is 5.11 Å². The predicted octanol–water partition coefficient (Wildman–Crippen LogP) is 1.57. The van der Waals surface area contributed by atoms with E-state index in [0.717, 1.165) is 19.1 Å². The van der Waals surface area contributed by atoms with Gasteiger partial charge in [-0.3, -0.25) is 0 Å².